The third kappa shape index (κ3) is 3.29. The molecule has 1 aliphatic heterocycles. The van der Waals surface area contributed by atoms with Crippen molar-refractivity contribution in [2.24, 2.45) is 0 Å². The maximum atomic E-state index is 13.3. The summed E-state index contributed by atoms with van der Waals surface area (Å²) in [6, 6.07) is 6.59. The zero-order chi connectivity index (χ0) is 17.3. The molecule has 8 heteroatoms. The highest BCUT2D eigenvalue weighted by molar-refractivity contribution is 7.89. The van der Waals surface area contributed by atoms with Crippen molar-refractivity contribution < 1.29 is 21.6 Å². The standard InChI is InChI=1S/C16H18F2N2O3S/c1-19(12-4-6-14(17)15(18)10-12)11-13-5-7-16(23-13)24(21,22)20-8-2-3-9-20/h4-7,10H,2-3,8-9,11H2,1H3. The van der Waals surface area contributed by atoms with Crippen LogP contribution in [-0.4, -0.2) is 32.9 Å². The molecule has 5 nitrogen and oxygen atoms in total. The van der Waals surface area contributed by atoms with Gasteiger partial charge in [0.15, 0.2) is 11.6 Å². The van der Waals surface area contributed by atoms with E-state index < -0.39 is 21.7 Å². The van der Waals surface area contributed by atoms with Crippen molar-refractivity contribution in [2.45, 2.75) is 24.5 Å². The van der Waals surface area contributed by atoms with Crippen molar-refractivity contribution in [1.29, 1.82) is 0 Å². The Labute approximate surface area is 139 Å². The minimum atomic E-state index is -3.59. The van der Waals surface area contributed by atoms with Crippen molar-refractivity contribution in [2.75, 3.05) is 25.0 Å². The first-order chi connectivity index (χ1) is 11.4. The van der Waals surface area contributed by atoms with Crippen molar-refractivity contribution in [3.8, 4) is 0 Å². The molecule has 0 aliphatic carbocycles. The predicted molar refractivity (Wildman–Crippen MR) is 85.2 cm³/mol. The Morgan fingerprint density at radius 1 is 1.12 bits per heavy atom. The summed E-state index contributed by atoms with van der Waals surface area (Å²) in [4.78, 5) is 1.65. The van der Waals surface area contributed by atoms with Gasteiger partial charge in [-0.05, 0) is 37.1 Å². The van der Waals surface area contributed by atoms with Gasteiger partial charge in [-0.1, -0.05) is 0 Å². The minimum Gasteiger partial charge on any atom is -0.446 e. The Hall–Kier alpha value is -1.93. The van der Waals surface area contributed by atoms with Gasteiger partial charge in [-0.3, -0.25) is 0 Å². The normalized spacial score (nSPS) is 15.8. The number of furan rings is 1. The number of rotatable bonds is 5. The average molecular weight is 356 g/mol. The molecule has 0 N–H and O–H groups in total. The van der Waals surface area contributed by atoms with Crippen LogP contribution < -0.4 is 4.90 Å². The van der Waals surface area contributed by atoms with Crippen LogP contribution in [0.4, 0.5) is 14.5 Å². The molecule has 3 rings (SSSR count). The van der Waals surface area contributed by atoms with Crippen molar-refractivity contribution in [3.05, 3.63) is 47.7 Å². The number of benzene rings is 1. The molecule has 1 aromatic carbocycles. The molecule has 0 saturated carbocycles. The highest BCUT2D eigenvalue weighted by atomic mass is 32.2. The second-order valence-electron chi connectivity index (χ2n) is 5.79. The van der Waals surface area contributed by atoms with Gasteiger partial charge in [-0.15, -0.1) is 0 Å². The van der Waals surface area contributed by atoms with Gasteiger partial charge < -0.3 is 9.32 Å². The molecule has 0 spiro atoms. The molecule has 1 saturated heterocycles. The predicted octanol–water partition coefficient (Wildman–Crippen LogP) is 2.98. The van der Waals surface area contributed by atoms with Crippen LogP contribution in [0.1, 0.15) is 18.6 Å². The van der Waals surface area contributed by atoms with Gasteiger partial charge in [-0.25, -0.2) is 17.2 Å². The van der Waals surface area contributed by atoms with E-state index in [4.69, 9.17) is 4.42 Å². The summed E-state index contributed by atoms with van der Waals surface area (Å²) in [6.45, 7) is 1.25. The van der Waals surface area contributed by atoms with E-state index in [1.54, 1.807) is 18.0 Å². The summed E-state index contributed by atoms with van der Waals surface area (Å²) < 4.78 is 58.0. The number of nitrogens with zero attached hydrogens (tertiary/aromatic N) is 2. The largest absolute Gasteiger partial charge is 0.446 e. The molecule has 24 heavy (non-hydrogen) atoms. The van der Waals surface area contributed by atoms with Gasteiger partial charge in [0, 0.05) is 31.9 Å². The second-order valence-corrected chi connectivity index (χ2v) is 7.66. The van der Waals surface area contributed by atoms with Crippen molar-refractivity contribution in [1.82, 2.24) is 4.31 Å². The Morgan fingerprint density at radius 2 is 1.83 bits per heavy atom. The first-order valence-corrected chi connectivity index (χ1v) is 9.07. The third-order valence-corrected chi connectivity index (χ3v) is 5.81. The molecule has 0 unspecified atom stereocenters. The average Bonchev–Trinajstić information content (AvgIpc) is 3.21. The third-order valence-electron chi connectivity index (χ3n) is 4.03. The zero-order valence-electron chi connectivity index (χ0n) is 13.2. The Bertz CT molecular complexity index is 830. The molecule has 1 aromatic heterocycles. The van der Waals surface area contributed by atoms with E-state index in [2.05, 4.69) is 0 Å². The number of sulfonamides is 1. The lowest BCUT2D eigenvalue weighted by molar-refractivity contribution is 0.389. The smallest absolute Gasteiger partial charge is 0.276 e. The van der Waals surface area contributed by atoms with Crippen molar-refractivity contribution >= 4 is 15.7 Å². The Balaban J connectivity index is 1.74. The molecule has 2 aromatic rings. The van der Waals surface area contributed by atoms with Crippen LogP contribution in [0.15, 0.2) is 39.8 Å². The lowest BCUT2D eigenvalue weighted by Crippen LogP contribution is -2.27. The summed E-state index contributed by atoms with van der Waals surface area (Å²) in [6.07, 6.45) is 1.71. The number of anilines is 1. The molecule has 0 atom stereocenters. The molecule has 1 fully saturated rings. The van der Waals surface area contributed by atoms with Gasteiger partial charge >= 0.3 is 0 Å². The van der Waals surface area contributed by atoms with Crippen LogP contribution in [0, 0.1) is 11.6 Å². The van der Waals surface area contributed by atoms with Crippen LogP contribution >= 0.6 is 0 Å². The van der Waals surface area contributed by atoms with Gasteiger partial charge in [-0.2, -0.15) is 4.31 Å². The van der Waals surface area contributed by atoms with Gasteiger partial charge in [0.05, 0.1) is 6.54 Å². The molecule has 1 aliphatic rings. The quantitative estimate of drug-likeness (QED) is 0.826. The monoisotopic (exact) mass is 356 g/mol. The fraction of sp³-hybridized carbons (Fsp3) is 0.375. The molecular weight excluding hydrogens is 338 g/mol. The van der Waals surface area contributed by atoms with Crippen LogP contribution in [0.5, 0.6) is 0 Å². The van der Waals surface area contributed by atoms with Gasteiger partial charge in [0.2, 0.25) is 5.09 Å². The maximum Gasteiger partial charge on any atom is 0.276 e. The summed E-state index contributed by atoms with van der Waals surface area (Å²) in [5, 5.41) is -0.0851. The fourth-order valence-electron chi connectivity index (χ4n) is 2.69. The van der Waals surface area contributed by atoms with E-state index in [-0.39, 0.29) is 11.6 Å². The summed E-state index contributed by atoms with van der Waals surface area (Å²) in [5.74, 6) is -1.42. The topological polar surface area (TPSA) is 53.8 Å². The number of hydrogen-bond donors (Lipinski definition) is 0. The Morgan fingerprint density at radius 3 is 2.50 bits per heavy atom. The van der Waals surface area contributed by atoms with Gasteiger partial charge in [0.25, 0.3) is 10.0 Å². The van der Waals surface area contributed by atoms with E-state index in [0.29, 0.717) is 24.5 Å². The van der Waals surface area contributed by atoms with Crippen LogP contribution in [0.3, 0.4) is 0 Å². The van der Waals surface area contributed by atoms with Gasteiger partial charge in [0.1, 0.15) is 5.76 Å². The first-order valence-electron chi connectivity index (χ1n) is 7.63. The minimum absolute atomic E-state index is 0.0851. The molecule has 0 bridgehead atoms. The lowest BCUT2D eigenvalue weighted by atomic mass is 10.2. The van der Waals surface area contributed by atoms with E-state index in [1.807, 2.05) is 0 Å². The lowest BCUT2D eigenvalue weighted by Gasteiger charge is -2.18. The molecule has 130 valence electrons. The molecule has 0 radical (unpaired) electrons. The molecule has 2 heterocycles. The number of hydrogen-bond acceptors (Lipinski definition) is 4. The maximum absolute atomic E-state index is 13.3. The van der Waals surface area contributed by atoms with Crippen LogP contribution in [0.25, 0.3) is 0 Å². The SMILES string of the molecule is CN(Cc1ccc(S(=O)(=O)N2CCCC2)o1)c1ccc(F)c(F)c1. The van der Waals surface area contributed by atoms with E-state index in [9.17, 15) is 17.2 Å². The van der Waals surface area contributed by atoms with E-state index >= 15 is 0 Å². The zero-order valence-corrected chi connectivity index (χ0v) is 14.0. The second kappa shape index (κ2) is 6.52. The van der Waals surface area contributed by atoms with Crippen LogP contribution in [0.2, 0.25) is 0 Å². The summed E-state index contributed by atoms with van der Waals surface area (Å²) in [7, 11) is -1.91. The fourth-order valence-corrected chi connectivity index (χ4v) is 4.13. The Kier molecular flexibility index (Phi) is 4.60. The first kappa shape index (κ1) is 16.9. The van der Waals surface area contributed by atoms with E-state index in [1.165, 1.54) is 16.4 Å². The van der Waals surface area contributed by atoms with Crippen LogP contribution in [-0.2, 0) is 16.6 Å². The summed E-state index contributed by atoms with van der Waals surface area (Å²) in [5.41, 5.74) is 0.467. The highest BCUT2D eigenvalue weighted by Crippen LogP contribution is 2.24. The van der Waals surface area contributed by atoms with E-state index in [0.717, 1.165) is 25.0 Å². The summed E-state index contributed by atoms with van der Waals surface area (Å²) >= 11 is 0. The molecule has 0 amide bonds. The number of halogens is 2. The molecular formula is C16H18F2N2O3S. The van der Waals surface area contributed by atoms with Crippen molar-refractivity contribution in [3.63, 3.8) is 0 Å². The highest BCUT2D eigenvalue weighted by Gasteiger charge is 2.30.